The van der Waals surface area contributed by atoms with Crippen molar-refractivity contribution in [3.05, 3.63) is 41.1 Å². The molecule has 5 nitrogen and oxygen atoms in total. The summed E-state index contributed by atoms with van der Waals surface area (Å²) in [6, 6.07) is 8.34. The molecule has 0 aliphatic heterocycles. The molecule has 0 saturated carbocycles. The van der Waals surface area contributed by atoms with E-state index in [-0.39, 0.29) is 11.8 Å². The van der Waals surface area contributed by atoms with Crippen molar-refractivity contribution in [1.29, 1.82) is 0 Å². The number of fused-ring (bicyclic) bond motifs is 1. The fourth-order valence-electron chi connectivity index (χ4n) is 2.96. The highest BCUT2D eigenvalue weighted by molar-refractivity contribution is 5.94. The number of hydrogen-bond acceptors (Lipinski definition) is 3. The highest BCUT2D eigenvalue weighted by Crippen LogP contribution is 2.27. The lowest BCUT2D eigenvalue weighted by Crippen LogP contribution is -2.29. The van der Waals surface area contributed by atoms with Crippen molar-refractivity contribution < 1.29 is 4.79 Å². The number of nitrogens with zero attached hydrogens (tertiary/aromatic N) is 2. The Bertz CT molecular complexity index is 690. The SMILES string of the molecule is Cc1nn(C)c(NC(=O)C2CCc3ccccc3C2)c1N. The van der Waals surface area contributed by atoms with Gasteiger partial charge in [-0.15, -0.1) is 0 Å². The lowest BCUT2D eigenvalue weighted by molar-refractivity contribution is -0.120. The molecule has 1 heterocycles. The zero-order chi connectivity index (χ0) is 15.0. The van der Waals surface area contributed by atoms with Crippen molar-refractivity contribution in [3.8, 4) is 0 Å². The molecule has 0 bridgehead atoms. The van der Waals surface area contributed by atoms with Crippen molar-refractivity contribution in [1.82, 2.24) is 9.78 Å². The molecule has 1 aliphatic rings. The van der Waals surface area contributed by atoms with E-state index in [4.69, 9.17) is 5.73 Å². The topological polar surface area (TPSA) is 72.9 Å². The Labute approximate surface area is 124 Å². The summed E-state index contributed by atoms with van der Waals surface area (Å²) < 4.78 is 1.62. The smallest absolute Gasteiger partial charge is 0.229 e. The second kappa shape index (κ2) is 5.24. The molecule has 0 spiro atoms. The van der Waals surface area contributed by atoms with Gasteiger partial charge in [-0.3, -0.25) is 9.48 Å². The Morgan fingerprint density at radius 2 is 2.10 bits per heavy atom. The molecular formula is C16H20N4O. The van der Waals surface area contributed by atoms with Crippen LogP contribution < -0.4 is 11.1 Å². The van der Waals surface area contributed by atoms with Crippen LogP contribution in [0.4, 0.5) is 11.5 Å². The van der Waals surface area contributed by atoms with Gasteiger partial charge in [-0.1, -0.05) is 24.3 Å². The second-order valence-electron chi connectivity index (χ2n) is 5.67. The minimum atomic E-state index is -0.00509. The number of hydrogen-bond donors (Lipinski definition) is 2. The number of anilines is 2. The Morgan fingerprint density at radius 1 is 1.38 bits per heavy atom. The molecule has 0 saturated heterocycles. The largest absolute Gasteiger partial charge is 0.394 e. The molecule has 2 aromatic rings. The molecule has 5 heteroatoms. The third-order valence-corrected chi connectivity index (χ3v) is 4.23. The van der Waals surface area contributed by atoms with Crippen molar-refractivity contribution in [2.24, 2.45) is 13.0 Å². The molecule has 1 unspecified atom stereocenters. The van der Waals surface area contributed by atoms with Crippen molar-refractivity contribution in [2.45, 2.75) is 26.2 Å². The van der Waals surface area contributed by atoms with Gasteiger partial charge in [-0.05, 0) is 37.3 Å². The Morgan fingerprint density at radius 3 is 2.76 bits per heavy atom. The Kier molecular flexibility index (Phi) is 3.41. The van der Waals surface area contributed by atoms with E-state index in [9.17, 15) is 4.79 Å². The number of carbonyl (C=O) groups is 1. The van der Waals surface area contributed by atoms with E-state index in [1.807, 2.05) is 13.0 Å². The van der Waals surface area contributed by atoms with E-state index in [1.54, 1.807) is 11.7 Å². The van der Waals surface area contributed by atoms with Crippen LogP contribution in [0.15, 0.2) is 24.3 Å². The van der Waals surface area contributed by atoms with Crippen LogP contribution >= 0.6 is 0 Å². The molecule has 3 rings (SSSR count). The number of aryl methyl sites for hydroxylation is 3. The predicted octanol–water partition coefficient (Wildman–Crippen LogP) is 2.05. The number of benzene rings is 1. The van der Waals surface area contributed by atoms with Gasteiger partial charge in [0.1, 0.15) is 0 Å². The zero-order valence-electron chi connectivity index (χ0n) is 12.4. The zero-order valence-corrected chi connectivity index (χ0v) is 12.4. The van der Waals surface area contributed by atoms with Gasteiger partial charge < -0.3 is 11.1 Å². The van der Waals surface area contributed by atoms with Crippen LogP contribution in [0.2, 0.25) is 0 Å². The van der Waals surface area contributed by atoms with Crippen LogP contribution in [-0.2, 0) is 24.7 Å². The first-order valence-corrected chi connectivity index (χ1v) is 7.23. The number of nitrogen functional groups attached to an aromatic ring is 1. The number of amides is 1. The molecule has 0 radical (unpaired) electrons. The summed E-state index contributed by atoms with van der Waals surface area (Å²) >= 11 is 0. The molecule has 1 aromatic heterocycles. The average Bonchev–Trinajstić information content (AvgIpc) is 2.73. The maximum absolute atomic E-state index is 12.5. The molecule has 110 valence electrons. The normalized spacial score (nSPS) is 17.3. The molecule has 1 aromatic carbocycles. The van der Waals surface area contributed by atoms with E-state index in [1.165, 1.54) is 11.1 Å². The lowest BCUT2D eigenvalue weighted by atomic mass is 9.83. The van der Waals surface area contributed by atoms with Gasteiger partial charge >= 0.3 is 0 Å². The molecule has 1 amide bonds. The third kappa shape index (κ3) is 2.51. The Hall–Kier alpha value is -2.30. The number of rotatable bonds is 2. The Balaban J connectivity index is 1.75. The number of nitrogens with one attached hydrogen (secondary N) is 1. The molecular weight excluding hydrogens is 264 g/mol. The minimum absolute atomic E-state index is 0.00509. The van der Waals surface area contributed by atoms with Crippen LogP contribution in [0.3, 0.4) is 0 Å². The first-order valence-electron chi connectivity index (χ1n) is 7.23. The summed E-state index contributed by atoms with van der Waals surface area (Å²) in [5.74, 6) is 0.616. The number of carbonyl (C=O) groups excluding carboxylic acids is 1. The van der Waals surface area contributed by atoms with E-state index in [2.05, 4.69) is 28.6 Å². The maximum Gasteiger partial charge on any atom is 0.229 e. The van der Waals surface area contributed by atoms with Gasteiger partial charge in [0.15, 0.2) is 5.82 Å². The summed E-state index contributed by atoms with van der Waals surface area (Å²) in [6.45, 7) is 1.84. The highest BCUT2D eigenvalue weighted by Gasteiger charge is 2.25. The summed E-state index contributed by atoms with van der Waals surface area (Å²) in [6.07, 6.45) is 2.62. The number of aromatic nitrogens is 2. The van der Waals surface area contributed by atoms with Crippen LogP contribution in [0, 0.1) is 12.8 Å². The predicted molar refractivity (Wildman–Crippen MR) is 82.9 cm³/mol. The molecule has 3 N–H and O–H groups in total. The van der Waals surface area contributed by atoms with Gasteiger partial charge in [0.25, 0.3) is 0 Å². The molecule has 1 atom stereocenters. The monoisotopic (exact) mass is 284 g/mol. The summed E-state index contributed by atoms with van der Waals surface area (Å²) in [5, 5.41) is 7.16. The van der Waals surface area contributed by atoms with Crippen molar-refractivity contribution in [2.75, 3.05) is 11.1 Å². The first-order chi connectivity index (χ1) is 10.1. The van der Waals surface area contributed by atoms with Gasteiger partial charge in [0.2, 0.25) is 5.91 Å². The minimum Gasteiger partial charge on any atom is -0.394 e. The number of nitrogens with two attached hydrogens (primary N) is 1. The van der Waals surface area contributed by atoms with Gasteiger partial charge in [-0.2, -0.15) is 5.10 Å². The van der Waals surface area contributed by atoms with Crippen molar-refractivity contribution >= 4 is 17.4 Å². The first kappa shape index (κ1) is 13.7. The van der Waals surface area contributed by atoms with E-state index in [0.717, 1.165) is 25.0 Å². The fourth-order valence-corrected chi connectivity index (χ4v) is 2.96. The van der Waals surface area contributed by atoms with Crippen LogP contribution in [0.1, 0.15) is 23.2 Å². The van der Waals surface area contributed by atoms with Gasteiger partial charge in [0, 0.05) is 13.0 Å². The lowest BCUT2D eigenvalue weighted by Gasteiger charge is -2.23. The molecule has 0 fully saturated rings. The fraction of sp³-hybridized carbons (Fsp3) is 0.375. The van der Waals surface area contributed by atoms with Crippen LogP contribution in [-0.4, -0.2) is 15.7 Å². The van der Waals surface area contributed by atoms with E-state index in [0.29, 0.717) is 11.5 Å². The van der Waals surface area contributed by atoms with Crippen molar-refractivity contribution in [3.63, 3.8) is 0 Å². The standard InChI is InChI=1S/C16H20N4O/c1-10-14(17)15(20(2)19-10)18-16(21)13-8-7-11-5-3-4-6-12(11)9-13/h3-6,13H,7-9,17H2,1-2H3,(H,18,21). The van der Waals surface area contributed by atoms with Gasteiger partial charge in [0.05, 0.1) is 11.4 Å². The summed E-state index contributed by atoms with van der Waals surface area (Å²) in [4.78, 5) is 12.5. The maximum atomic E-state index is 12.5. The highest BCUT2D eigenvalue weighted by atomic mass is 16.2. The van der Waals surface area contributed by atoms with E-state index < -0.39 is 0 Å². The quantitative estimate of drug-likeness (QED) is 0.886. The molecule has 1 aliphatic carbocycles. The summed E-state index contributed by atoms with van der Waals surface area (Å²) in [7, 11) is 1.79. The summed E-state index contributed by atoms with van der Waals surface area (Å²) in [5.41, 5.74) is 9.88. The third-order valence-electron chi connectivity index (χ3n) is 4.23. The second-order valence-corrected chi connectivity index (χ2v) is 5.67. The average molecular weight is 284 g/mol. The van der Waals surface area contributed by atoms with E-state index >= 15 is 0 Å². The van der Waals surface area contributed by atoms with Crippen LogP contribution in [0.25, 0.3) is 0 Å². The van der Waals surface area contributed by atoms with Crippen LogP contribution in [0.5, 0.6) is 0 Å². The van der Waals surface area contributed by atoms with Gasteiger partial charge in [-0.25, -0.2) is 0 Å². The molecule has 21 heavy (non-hydrogen) atoms.